The van der Waals surface area contributed by atoms with Crippen LogP contribution in [-0.4, -0.2) is 39.8 Å². The van der Waals surface area contributed by atoms with Gasteiger partial charge in [-0.05, 0) is 51.8 Å². The molecule has 0 aliphatic heterocycles. The van der Waals surface area contributed by atoms with Gasteiger partial charge >= 0.3 is 0 Å². The minimum absolute atomic E-state index is 0.0533. The molecule has 0 aliphatic rings. The smallest absolute Gasteiger partial charge is 0.255 e. The monoisotopic (exact) mass is 472 g/mol. The standard InChI is InChI=1S/C28H32N4O3/c1-6-18(4)30-28(33)22-17-29-27-25(21-14-15-23(34-7-2)24(16-21)35-8-3)19(5)31-32(27)26(22)20-12-10-9-11-13-20/h9-18H,6-8H2,1-5H3,(H,30,33). The van der Waals surface area contributed by atoms with Crippen molar-refractivity contribution in [1.82, 2.24) is 19.9 Å². The van der Waals surface area contributed by atoms with Crippen LogP contribution in [0.2, 0.25) is 0 Å². The second-order valence-corrected chi connectivity index (χ2v) is 8.39. The summed E-state index contributed by atoms with van der Waals surface area (Å²) in [6.07, 6.45) is 2.49. The third-order valence-corrected chi connectivity index (χ3v) is 5.93. The lowest BCUT2D eigenvalue weighted by atomic mass is 10.0. The van der Waals surface area contributed by atoms with E-state index in [9.17, 15) is 4.79 Å². The molecule has 1 atom stereocenters. The molecule has 0 saturated carbocycles. The van der Waals surface area contributed by atoms with Gasteiger partial charge in [-0.3, -0.25) is 4.79 Å². The largest absolute Gasteiger partial charge is 0.490 e. The summed E-state index contributed by atoms with van der Waals surface area (Å²) in [5, 5.41) is 7.91. The predicted octanol–water partition coefficient (Wildman–Crippen LogP) is 5.70. The number of carbonyl (C=O) groups excluding carboxylic acids is 1. The van der Waals surface area contributed by atoms with E-state index in [1.165, 1.54) is 0 Å². The molecule has 0 bridgehead atoms. The molecule has 2 aromatic heterocycles. The lowest BCUT2D eigenvalue weighted by Gasteiger charge is -2.15. The van der Waals surface area contributed by atoms with Crippen LogP contribution < -0.4 is 14.8 Å². The van der Waals surface area contributed by atoms with Gasteiger partial charge in [-0.2, -0.15) is 5.10 Å². The number of nitrogens with zero attached hydrogens (tertiary/aromatic N) is 3. The molecule has 0 aliphatic carbocycles. The molecule has 4 aromatic rings. The van der Waals surface area contributed by atoms with Crippen LogP contribution in [0, 0.1) is 6.92 Å². The van der Waals surface area contributed by atoms with Gasteiger partial charge in [0.1, 0.15) is 0 Å². The van der Waals surface area contributed by atoms with Gasteiger partial charge in [0.2, 0.25) is 0 Å². The normalized spacial score (nSPS) is 11.9. The topological polar surface area (TPSA) is 77.8 Å². The van der Waals surface area contributed by atoms with E-state index in [0.29, 0.717) is 41.6 Å². The molecule has 4 rings (SSSR count). The highest BCUT2D eigenvalue weighted by Gasteiger charge is 2.23. The Morgan fingerprint density at radius 2 is 1.71 bits per heavy atom. The van der Waals surface area contributed by atoms with Gasteiger partial charge in [0.05, 0.1) is 30.2 Å². The third kappa shape index (κ3) is 4.85. The molecule has 1 N–H and O–H groups in total. The number of rotatable bonds is 9. The van der Waals surface area contributed by atoms with Crippen LogP contribution in [0.5, 0.6) is 11.5 Å². The van der Waals surface area contributed by atoms with Crippen LogP contribution in [0.25, 0.3) is 28.0 Å². The predicted molar refractivity (Wildman–Crippen MR) is 138 cm³/mol. The zero-order chi connectivity index (χ0) is 24.9. The van der Waals surface area contributed by atoms with E-state index in [0.717, 1.165) is 28.8 Å². The first-order chi connectivity index (χ1) is 17.0. The summed E-state index contributed by atoms with van der Waals surface area (Å²) in [4.78, 5) is 17.9. The Morgan fingerprint density at radius 1 is 1.00 bits per heavy atom. The zero-order valence-electron chi connectivity index (χ0n) is 21.0. The molecule has 2 heterocycles. The van der Waals surface area contributed by atoms with Crippen molar-refractivity contribution in [2.24, 2.45) is 0 Å². The quantitative estimate of drug-likeness (QED) is 0.338. The van der Waals surface area contributed by atoms with Crippen LogP contribution in [0.15, 0.2) is 54.7 Å². The Balaban J connectivity index is 1.92. The number of amides is 1. The van der Waals surface area contributed by atoms with Crippen molar-refractivity contribution in [3.63, 3.8) is 0 Å². The fourth-order valence-corrected chi connectivity index (χ4v) is 4.08. The van der Waals surface area contributed by atoms with Crippen molar-refractivity contribution in [3.8, 4) is 33.9 Å². The minimum Gasteiger partial charge on any atom is -0.490 e. The molecule has 0 radical (unpaired) electrons. The third-order valence-electron chi connectivity index (χ3n) is 5.93. The summed E-state index contributed by atoms with van der Waals surface area (Å²) >= 11 is 0. The number of hydrogen-bond donors (Lipinski definition) is 1. The van der Waals surface area contributed by atoms with Gasteiger partial charge < -0.3 is 14.8 Å². The van der Waals surface area contributed by atoms with Crippen LogP contribution in [-0.2, 0) is 0 Å². The molecule has 182 valence electrons. The molecule has 35 heavy (non-hydrogen) atoms. The Bertz CT molecular complexity index is 1330. The fraction of sp³-hybridized carbons (Fsp3) is 0.321. The first-order valence-corrected chi connectivity index (χ1v) is 12.1. The van der Waals surface area contributed by atoms with Crippen molar-refractivity contribution in [1.29, 1.82) is 0 Å². The molecule has 1 amide bonds. The number of aromatic nitrogens is 3. The van der Waals surface area contributed by atoms with Crippen molar-refractivity contribution in [2.75, 3.05) is 13.2 Å². The lowest BCUT2D eigenvalue weighted by Crippen LogP contribution is -2.32. The highest BCUT2D eigenvalue weighted by atomic mass is 16.5. The number of aryl methyl sites for hydroxylation is 1. The van der Waals surface area contributed by atoms with Gasteiger partial charge in [0.15, 0.2) is 17.1 Å². The van der Waals surface area contributed by atoms with Crippen molar-refractivity contribution >= 4 is 11.6 Å². The zero-order valence-corrected chi connectivity index (χ0v) is 21.0. The van der Waals surface area contributed by atoms with E-state index in [4.69, 9.17) is 19.6 Å². The van der Waals surface area contributed by atoms with Crippen molar-refractivity contribution in [2.45, 2.75) is 47.1 Å². The van der Waals surface area contributed by atoms with E-state index in [1.54, 1.807) is 10.7 Å². The average Bonchev–Trinajstić information content (AvgIpc) is 3.20. The van der Waals surface area contributed by atoms with Gasteiger partial charge in [-0.25, -0.2) is 9.50 Å². The Hall–Kier alpha value is -3.87. The van der Waals surface area contributed by atoms with Crippen LogP contribution in [0.4, 0.5) is 0 Å². The van der Waals surface area contributed by atoms with Gasteiger partial charge in [0.25, 0.3) is 5.91 Å². The molecule has 0 spiro atoms. The van der Waals surface area contributed by atoms with Gasteiger partial charge in [-0.15, -0.1) is 0 Å². The Kier molecular flexibility index (Phi) is 7.34. The fourth-order valence-electron chi connectivity index (χ4n) is 4.08. The van der Waals surface area contributed by atoms with E-state index >= 15 is 0 Å². The number of carbonyl (C=O) groups is 1. The second kappa shape index (κ2) is 10.6. The van der Waals surface area contributed by atoms with Crippen molar-refractivity contribution < 1.29 is 14.3 Å². The second-order valence-electron chi connectivity index (χ2n) is 8.39. The van der Waals surface area contributed by atoms with Gasteiger partial charge in [-0.1, -0.05) is 43.3 Å². The molecule has 0 fully saturated rings. The van der Waals surface area contributed by atoms with Crippen molar-refractivity contribution in [3.05, 3.63) is 66.0 Å². The molecule has 1 unspecified atom stereocenters. The maximum absolute atomic E-state index is 13.2. The summed E-state index contributed by atoms with van der Waals surface area (Å²) in [5.41, 5.74) is 5.38. The Morgan fingerprint density at radius 3 is 2.40 bits per heavy atom. The summed E-state index contributed by atoms with van der Waals surface area (Å²) < 4.78 is 13.4. The van der Waals surface area contributed by atoms with E-state index in [-0.39, 0.29) is 11.9 Å². The molecular formula is C28H32N4O3. The maximum Gasteiger partial charge on any atom is 0.255 e. The molecule has 0 saturated heterocycles. The SMILES string of the molecule is CCOc1ccc(-c2c(C)nn3c(-c4ccccc4)c(C(=O)NC(C)CC)cnc23)cc1OCC. The number of benzene rings is 2. The number of nitrogens with one attached hydrogen (secondary N) is 1. The van der Waals surface area contributed by atoms with E-state index < -0.39 is 0 Å². The lowest BCUT2D eigenvalue weighted by molar-refractivity contribution is 0.0939. The van der Waals surface area contributed by atoms with E-state index in [1.807, 2.05) is 83.1 Å². The maximum atomic E-state index is 13.2. The summed E-state index contributed by atoms with van der Waals surface area (Å²) in [6, 6.07) is 15.8. The average molecular weight is 473 g/mol. The van der Waals surface area contributed by atoms with Gasteiger partial charge in [0, 0.05) is 23.4 Å². The minimum atomic E-state index is -0.165. The highest BCUT2D eigenvalue weighted by molar-refractivity contribution is 6.00. The van der Waals surface area contributed by atoms with E-state index in [2.05, 4.69) is 5.32 Å². The first-order valence-electron chi connectivity index (χ1n) is 12.1. The number of ether oxygens (including phenoxy) is 2. The van der Waals surface area contributed by atoms with Crippen LogP contribution in [0.3, 0.4) is 0 Å². The summed E-state index contributed by atoms with van der Waals surface area (Å²) in [6.45, 7) is 11.0. The Labute approximate surface area is 206 Å². The first kappa shape index (κ1) is 24.3. The molecule has 2 aromatic carbocycles. The highest BCUT2D eigenvalue weighted by Crippen LogP contribution is 2.37. The molecule has 7 heteroatoms. The van der Waals surface area contributed by atoms with Crippen LogP contribution in [0.1, 0.15) is 50.2 Å². The number of hydrogen-bond acceptors (Lipinski definition) is 5. The molecular weight excluding hydrogens is 440 g/mol. The molecule has 7 nitrogen and oxygen atoms in total. The summed E-state index contributed by atoms with van der Waals surface area (Å²) in [5.74, 6) is 1.22. The number of fused-ring (bicyclic) bond motifs is 1. The summed E-state index contributed by atoms with van der Waals surface area (Å²) in [7, 11) is 0. The van der Waals surface area contributed by atoms with Crippen LogP contribution >= 0.6 is 0 Å².